The lowest BCUT2D eigenvalue weighted by atomic mass is 9.99. The Labute approximate surface area is 164 Å². The van der Waals surface area contributed by atoms with Gasteiger partial charge in [-0.3, -0.25) is 4.79 Å². The number of aryl methyl sites for hydroxylation is 1. The number of likely N-dealkylation sites (tertiary alicyclic amines) is 1. The van der Waals surface area contributed by atoms with Crippen molar-refractivity contribution in [1.29, 1.82) is 5.26 Å². The zero-order valence-corrected chi connectivity index (χ0v) is 17.3. The first-order chi connectivity index (χ1) is 13.0. The largest absolute Gasteiger partial charge is 0.351 e. The Morgan fingerprint density at radius 2 is 2.04 bits per heavy atom. The molecule has 27 heavy (non-hydrogen) atoms. The second kappa shape index (κ2) is 10.3. The minimum Gasteiger partial charge on any atom is -0.351 e. The predicted octanol–water partition coefficient (Wildman–Crippen LogP) is 3.66. The molecular formula is C22H34N4O. The third-order valence-electron chi connectivity index (χ3n) is 5.54. The molecule has 2 rings (SSSR count). The van der Waals surface area contributed by atoms with Crippen molar-refractivity contribution < 1.29 is 4.79 Å². The van der Waals surface area contributed by atoms with Crippen molar-refractivity contribution in [1.82, 2.24) is 14.8 Å². The highest BCUT2D eigenvalue weighted by Crippen LogP contribution is 2.19. The third-order valence-corrected chi connectivity index (χ3v) is 5.54. The Balaban J connectivity index is 1.87. The van der Waals surface area contributed by atoms with E-state index in [0.29, 0.717) is 6.54 Å². The summed E-state index contributed by atoms with van der Waals surface area (Å²) in [4.78, 5) is 14.8. The van der Waals surface area contributed by atoms with Crippen LogP contribution in [-0.2, 0) is 11.3 Å². The maximum atomic E-state index is 12.4. The Kier molecular flexibility index (Phi) is 8.12. The summed E-state index contributed by atoms with van der Waals surface area (Å²) < 4.78 is 2.23. The normalized spacial score (nSPS) is 16.3. The standard InChI is InChI=1S/C22H34N4O/c1-5-10-26-18(3)14-20(19(26)4)15-21(16-23)22(27)24-9-6-11-25-12-7-17(2)8-13-25/h14-15,17H,5-13H2,1-4H3,(H,24,27)/b21-15+. The summed E-state index contributed by atoms with van der Waals surface area (Å²) in [6, 6.07) is 4.11. The summed E-state index contributed by atoms with van der Waals surface area (Å²) in [5.41, 5.74) is 3.40. The fourth-order valence-corrected chi connectivity index (χ4v) is 3.73. The van der Waals surface area contributed by atoms with Gasteiger partial charge in [0.1, 0.15) is 11.6 Å². The molecule has 148 valence electrons. The van der Waals surface area contributed by atoms with E-state index in [0.717, 1.165) is 61.9 Å². The highest BCUT2D eigenvalue weighted by molar-refractivity contribution is 6.01. The third kappa shape index (κ3) is 5.97. The molecule has 0 atom stereocenters. The van der Waals surface area contributed by atoms with Crippen LogP contribution < -0.4 is 5.32 Å². The van der Waals surface area contributed by atoms with Gasteiger partial charge >= 0.3 is 0 Å². The molecule has 1 aromatic heterocycles. The van der Waals surface area contributed by atoms with E-state index in [9.17, 15) is 10.1 Å². The lowest BCUT2D eigenvalue weighted by Gasteiger charge is -2.30. The maximum Gasteiger partial charge on any atom is 0.261 e. The summed E-state index contributed by atoms with van der Waals surface area (Å²) in [5, 5.41) is 12.3. The van der Waals surface area contributed by atoms with Gasteiger partial charge in [0.2, 0.25) is 0 Å². The zero-order chi connectivity index (χ0) is 19.8. The van der Waals surface area contributed by atoms with Gasteiger partial charge in [-0.05, 0) is 82.8 Å². The molecule has 1 amide bonds. The molecule has 0 unspecified atom stereocenters. The van der Waals surface area contributed by atoms with Gasteiger partial charge in [-0.2, -0.15) is 5.26 Å². The van der Waals surface area contributed by atoms with Crippen LogP contribution in [0.3, 0.4) is 0 Å². The average molecular weight is 371 g/mol. The molecule has 0 radical (unpaired) electrons. The second-order valence-electron chi connectivity index (χ2n) is 7.78. The fourth-order valence-electron chi connectivity index (χ4n) is 3.73. The molecule has 0 aliphatic carbocycles. The number of nitrogens with one attached hydrogen (secondary N) is 1. The van der Waals surface area contributed by atoms with Crippen LogP contribution in [0.15, 0.2) is 11.6 Å². The van der Waals surface area contributed by atoms with Crippen molar-refractivity contribution in [2.75, 3.05) is 26.2 Å². The highest BCUT2D eigenvalue weighted by Gasteiger charge is 2.15. The molecule has 5 heteroatoms. The summed E-state index contributed by atoms with van der Waals surface area (Å²) in [6.45, 7) is 13.5. The van der Waals surface area contributed by atoms with Gasteiger partial charge in [-0.25, -0.2) is 0 Å². The van der Waals surface area contributed by atoms with Crippen LogP contribution in [0.2, 0.25) is 0 Å². The second-order valence-corrected chi connectivity index (χ2v) is 7.78. The van der Waals surface area contributed by atoms with E-state index >= 15 is 0 Å². The molecule has 2 heterocycles. The fraction of sp³-hybridized carbons (Fsp3) is 0.636. The summed E-state index contributed by atoms with van der Waals surface area (Å²) in [7, 11) is 0. The number of nitrogens with zero attached hydrogens (tertiary/aromatic N) is 3. The van der Waals surface area contributed by atoms with Gasteiger partial charge in [0.05, 0.1) is 0 Å². The van der Waals surface area contributed by atoms with Gasteiger partial charge in [-0.1, -0.05) is 13.8 Å². The van der Waals surface area contributed by atoms with Crippen molar-refractivity contribution in [3.63, 3.8) is 0 Å². The van der Waals surface area contributed by atoms with Crippen LogP contribution in [0.25, 0.3) is 6.08 Å². The number of aromatic nitrogens is 1. The lowest BCUT2D eigenvalue weighted by molar-refractivity contribution is -0.117. The van der Waals surface area contributed by atoms with E-state index in [2.05, 4.69) is 41.6 Å². The monoisotopic (exact) mass is 370 g/mol. The number of piperidine rings is 1. The number of carbonyl (C=O) groups excluding carboxylic acids is 1. The summed E-state index contributed by atoms with van der Waals surface area (Å²) in [6.07, 6.45) is 6.23. The predicted molar refractivity (Wildman–Crippen MR) is 110 cm³/mol. The maximum absolute atomic E-state index is 12.4. The van der Waals surface area contributed by atoms with Crippen LogP contribution in [-0.4, -0.2) is 41.6 Å². The number of carbonyl (C=O) groups is 1. The van der Waals surface area contributed by atoms with Gasteiger partial charge < -0.3 is 14.8 Å². The number of amides is 1. The van der Waals surface area contributed by atoms with Gasteiger partial charge in [0.25, 0.3) is 5.91 Å². The van der Waals surface area contributed by atoms with E-state index in [-0.39, 0.29) is 11.5 Å². The molecule has 1 N–H and O–H groups in total. The molecule has 1 saturated heterocycles. The van der Waals surface area contributed by atoms with Crippen molar-refractivity contribution in [2.45, 2.75) is 59.9 Å². The first-order valence-electron chi connectivity index (χ1n) is 10.2. The topological polar surface area (TPSA) is 61.1 Å². The quantitative estimate of drug-likeness (QED) is 0.431. The van der Waals surface area contributed by atoms with Crippen LogP contribution >= 0.6 is 0 Å². The van der Waals surface area contributed by atoms with Crippen LogP contribution in [0.5, 0.6) is 0 Å². The first-order valence-corrected chi connectivity index (χ1v) is 10.2. The highest BCUT2D eigenvalue weighted by atomic mass is 16.1. The van der Waals surface area contributed by atoms with E-state index in [1.165, 1.54) is 12.8 Å². The molecule has 1 fully saturated rings. The molecule has 1 aliphatic heterocycles. The van der Waals surface area contributed by atoms with Crippen molar-refractivity contribution in [2.24, 2.45) is 5.92 Å². The van der Waals surface area contributed by atoms with Crippen molar-refractivity contribution in [3.8, 4) is 6.07 Å². The molecule has 1 aromatic rings. The molecule has 0 aromatic carbocycles. The summed E-state index contributed by atoms with van der Waals surface area (Å²) in [5.74, 6) is 0.564. The SMILES string of the molecule is CCCn1c(C)cc(/C=C(\C#N)C(=O)NCCCN2CCC(C)CC2)c1C. The Hall–Kier alpha value is -2.06. The number of rotatable bonds is 8. The van der Waals surface area contributed by atoms with Gasteiger partial charge in [0.15, 0.2) is 0 Å². The number of hydrogen-bond acceptors (Lipinski definition) is 3. The zero-order valence-electron chi connectivity index (χ0n) is 17.3. The lowest BCUT2D eigenvalue weighted by Crippen LogP contribution is -2.35. The number of hydrogen-bond donors (Lipinski definition) is 1. The molecular weight excluding hydrogens is 336 g/mol. The average Bonchev–Trinajstić information content (AvgIpc) is 2.92. The van der Waals surface area contributed by atoms with E-state index < -0.39 is 0 Å². The summed E-state index contributed by atoms with van der Waals surface area (Å²) >= 11 is 0. The minimum atomic E-state index is -0.273. The molecule has 0 saturated carbocycles. The van der Waals surface area contributed by atoms with E-state index in [1.807, 2.05) is 13.0 Å². The Morgan fingerprint density at radius 1 is 1.33 bits per heavy atom. The van der Waals surface area contributed by atoms with Crippen molar-refractivity contribution >= 4 is 12.0 Å². The molecule has 5 nitrogen and oxygen atoms in total. The van der Waals surface area contributed by atoms with Crippen LogP contribution in [0.4, 0.5) is 0 Å². The molecule has 1 aliphatic rings. The van der Waals surface area contributed by atoms with Crippen LogP contribution in [0.1, 0.15) is 56.5 Å². The molecule has 0 bridgehead atoms. The van der Waals surface area contributed by atoms with Gasteiger partial charge in [-0.15, -0.1) is 0 Å². The molecule has 0 spiro atoms. The first kappa shape index (κ1) is 21.2. The number of nitriles is 1. The van der Waals surface area contributed by atoms with Crippen LogP contribution in [0, 0.1) is 31.1 Å². The van der Waals surface area contributed by atoms with Gasteiger partial charge in [0, 0.05) is 24.5 Å². The van der Waals surface area contributed by atoms with Crippen molar-refractivity contribution in [3.05, 3.63) is 28.6 Å². The van der Waals surface area contributed by atoms with E-state index in [4.69, 9.17) is 0 Å². The Bertz CT molecular complexity index is 703. The smallest absolute Gasteiger partial charge is 0.261 e. The van der Waals surface area contributed by atoms with E-state index in [1.54, 1.807) is 6.08 Å². The minimum absolute atomic E-state index is 0.179. The Morgan fingerprint density at radius 3 is 2.67 bits per heavy atom.